The number of ether oxygens (including phenoxy) is 1. The maximum Gasteiger partial charge on any atom is 0.313 e. The minimum atomic E-state index is -0.520. The number of rotatable bonds is 4. The molecule has 3 heteroatoms. The largest absolute Gasteiger partial charge is 0.469 e. The van der Waals surface area contributed by atoms with Crippen molar-refractivity contribution in [3.63, 3.8) is 0 Å². The van der Waals surface area contributed by atoms with Gasteiger partial charge >= 0.3 is 5.97 Å². The van der Waals surface area contributed by atoms with E-state index in [2.05, 4.69) is 4.74 Å². The molecule has 0 aromatic heterocycles. The topological polar surface area (TPSA) is 43.4 Å². The third-order valence-corrected chi connectivity index (χ3v) is 2.84. The van der Waals surface area contributed by atoms with Crippen molar-refractivity contribution in [1.29, 1.82) is 0 Å². The molecular formula is C16H14O3. The van der Waals surface area contributed by atoms with Crippen molar-refractivity contribution < 1.29 is 14.3 Å². The molecule has 0 unspecified atom stereocenters. The molecule has 2 rings (SSSR count). The van der Waals surface area contributed by atoms with Crippen LogP contribution in [0.3, 0.4) is 0 Å². The maximum absolute atomic E-state index is 12.1. The minimum Gasteiger partial charge on any atom is -0.469 e. The molecule has 0 aliphatic heterocycles. The van der Waals surface area contributed by atoms with Gasteiger partial charge in [0.25, 0.3) is 0 Å². The van der Waals surface area contributed by atoms with Gasteiger partial charge in [-0.25, -0.2) is 0 Å². The summed E-state index contributed by atoms with van der Waals surface area (Å²) in [4.78, 5) is 23.3. The number of carbonyl (C=O) groups excluding carboxylic acids is 2. The number of Topliss-reactive ketones (excluding diaryl/α,β-unsaturated/α-hetero) is 1. The molecule has 2 aromatic carbocycles. The van der Waals surface area contributed by atoms with Crippen molar-refractivity contribution in [2.45, 2.75) is 6.42 Å². The Bertz CT molecular complexity index is 588. The fraction of sp³-hybridized carbons (Fsp3) is 0.125. The Morgan fingerprint density at radius 1 is 0.947 bits per heavy atom. The van der Waals surface area contributed by atoms with Crippen LogP contribution in [0.5, 0.6) is 0 Å². The molecule has 3 nitrogen and oxygen atoms in total. The van der Waals surface area contributed by atoms with Crippen molar-refractivity contribution in [2.75, 3.05) is 7.11 Å². The third-order valence-electron chi connectivity index (χ3n) is 2.84. The standard InChI is InChI=1S/C16H14O3/c1-19-16(18)11-15(17)14-10-6-5-9-13(14)12-7-3-2-4-8-12/h2-10H,11H2,1H3. The molecule has 0 amide bonds. The molecule has 2 aromatic rings. The van der Waals surface area contributed by atoms with Gasteiger partial charge in [-0.1, -0.05) is 54.6 Å². The summed E-state index contributed by atoms with van der Waals surface area (Å²) in [6.07, 6.45) is -0.236. The number of esters is 1. The Morgan fingerprint density at radius 3 is 2.26 bits per heavy atom. The van der Waals surface area contributed by atoms with Gasteiger partial charge in [0.1, 0.15) is 6.42 Å². The van der Waals surface area contributed by atoms with Gasteiger partial charge in [-0.15, -0.1) is 0 Å². The van der Waals surface area contributed by atoms with Crippen LogP contribution in [0.2, 0.25) is 0 Å². The minimum absolute atomic E-state index is 0.230. The highest BCUT2D eigenvalue weighted by Crippen LogP contribution is 2.24. The molecule has 0 saturated carbocycles. The van der Waals surface area contributed by atoms with Crippen LogP contribution in [0.4, 0.5) is 0 Å². The number of carbonyl (C=O) groups is 2. The van der Waals surface area contributed by atoms with Crippen LogP contribution in [-0.4, -0.2) is 18.9 Å². The second-order valence-electron chi connectivity index (χ2n) is 4.09. The van der Waals surface area contributed by atoms with Crippen molar-refractivity contribution in [3.8, 4) is 11.1 Å². The SMILES string of the molecule is COC(=O)CC(=O)c1ccccc1-c1ccccc1. The van der Waals surface area contributed by atoms with Crippen LogP contribution in [0, 0.1) is 0 Å². The van der Waals surface area contributed by atoms with Crippen LogP contribution in [0.1, 0.15) is 16.8 Å². The molecule has 19 heavy (non-hydrogen) atoms. The number of hydrogen-bond donors (Lipinski definition) is 0. The van der Waals surface area contributed by atoms with E-state index in [0.29, 0.717) is 5.56 Å². The van der Waals surface area contributed by atoms with Gasteiger partial charge in [-0.3, -0.25) is 9.59 Å². The normalized spacial score (nSPS) is 9.95. The Morgan fingerprint density at radius 2 is 1.58 bits per heavy atom. The Hall–Kier alpha value is -2.42. The Labute approximate surface area is 111 Å². The summed E-state index contributed by atoms with van der Waals surface area (Å²) in [5.41, 5.74) is 2.33. The van der Waals surface area contributed by atoms with Crippen molar-refractivity contribution >= 4 is 11.8 Å². The van der Waals surface area contributed by atoms with E-state index in [9.17, 15) is 9.59 Å². The first-order valence-electron chi connectivity index (χ1n) is 5.97. The molecule has 0 bridgehead atoms. The molecule has 0 radical (unpaired) electrons. The van der Waals surface area contributed by atoms with E-state index in [1.54, 1.807) is 12.1 Å². The molecule has 0 aliphatic carbocycles. The number of benzene rings is 2. The van der Waals surface area contributed by atoms with E-state index < -0.39 is 5.97 Å². The first-order chi connectivity index (χ1) is 9.22. The van der Waals surface area contributed by atoms with Crippen LogP contribution in [0.25, 0.3) is 11.1 Å². The predicted molar refractivity (Wildman–Crippen MR) is 72.8 cm³/mol. The number of methoxy groups -OCH3 is 1. The second kappa shape index (κ2) is 5.96. The molecule has 0 N–H and O–H groups in total. The van der Waals surface area contributed by atoms with Gasteiger partial charge in [0.05, 0.1) is 7.11 Å². The molecule has 96 valence electrons. The van der Waals surface area contributed by atoms with Crippen molar-refractivity contribution in [1.82, 2.24) is 0 Å². The first-order valence-corrected chi connectivity index (χ1v) is 5.97. The molecule has 0 spiro atoms. The van der Waals surface area contributed by atoms with Gasteiger partial charge in [0, 0.05) is 5.56 Å². The summed E-state index contributed by atoms with van der Waals surface area (Å²) >= 11 is 0. The average Bonchev–Trinajstić information content (AvgIpc) is 2.48. The molecule has 0 saturated heterocycles. The van der Waals surface area contributed by atoms with Gasteiger partial charge in [0.15, 0.2) is 5.78 Å². The fourth-order valence-electron chi connectivity index (χ4n) is 1.89. The van der Waals surface area contributed by atoms with Gasteiger partial charge < -0.3 is 4.74 Å². The van der Waals surface area contributed by atoms with Gasteiger partial charge in [0.2, 0.25) is 0 Å². The molecular weight excluding hydrogens is 240 g/mol. The van der Waals surface area contributed by atoms with E-state index in [1.165, 1.54) is 7.11 Å². The Kier molecular flexibility index (Phi) is 4.08. The predicted octanol–water partition coefficient (Wildman–Crippen LogP) is 3.10. The first kappa shape index (κ1) is 13.0. The van der Waals surface area contributed by atoms with Crippen molar-refractivity contribution in [3.05, 3.63) is 60.2 Å². The maximum atomic E-state index is 12.1. The zero-order chi connectivity index (χ0) is 13.7. The highest BCUT2D eigenvalue weighted by atomic mass is 16.5. The molecule has 0 aliphatic rings. The zero-order valence-corrected chi connectivity index (χ0v) is 10.6. The zero-order valence-electron chi connectivity index (χ0n) is 10.6. The van der Waals surface area contributed by atoms with Crippen LogP contribution in [-0.2, 0) is 9.53 Å². The van der Waals surface area contributed by atoms with Gasteiger partial charge in [-0.05, 0) is 11.1 Å². The van der Waals surface area contributed by atoms with Crippen LogP contribution in [0.15, 0.2) is 54.6 Å². The summed E-state index contributed by atoms with van der Waals surface area (Å²) < 4.78 is 4.53. The molecule has 0 heterocycles. The average molecular weight is 254 g/mol. The van der Waals surface area contributed by atoms with E-state index in [1.807, 2.05) is 42.5 Å². The van der Waals surface area contributed by atoms with E-state index >= 15 is 0 Å². The highest BCUT2D eigenvalue weighted by molar-refractivity contribution is 6.09. The quantitative estimate of drug-likeness (QED) is 0.478. The van der Waals surface area contributed by atoms with Crippen molar-refractivity contribution in [2.24, 2.45) is 0 Å². The van der Waals surface area contributed by atoms with Crippen LogP contribution < -0.4 is 0 Å². The smallest absolute Gasteiger partial charge is 0.313 e. The lowest BCUT2D eigenvalue weighted by Gasteiger charge is -2.08. The summed E-state index contributed by atoms with van der Waals surface area (Å²) in [6.45, 7) is 0. The molecule has 0 atom stereocenters. The summed E-state index contributed by atoms with van der Waals surface area (Å²) in [7, 11) is 1.28. The molecule has 0 fully saturated rings. The van der Waals surface area contributed by atoms with E-state index in [0.717, 1.165) is 11.1 Å². The summed E-state index contributed by atoms with van der Waals surface area (Å²) in [5.74, 6) is -0.751. The van der Waals surface area contributed by atoms with Crippen LogP contribution >= 0.6 is 0 Å². The lowest BCUT2D eigenvalue weighted by atomic mass is 9.96. The van der Waals surface area contributed by atoms with E-state index in [-0.39, 0.29) is 12.2 Å². The highest BCUT2D eigenvalue weighted by Gasteiger charge is 2.15. The fourth-order valence-corrected chi connectivity index (χ4v) is 1.89. The lowest BCUT2D eigenvalue weighted by molar-refractivity contribution is -0.139. The summed E-state index contributed by atoms with van der Waals surface area (Å²) in [5, 5.41) is 0. The monoisotopic (exact) mass is 254 g/mol. The van der Waals surface area contributed by atoms with Gasteiger partial charge in [-0.2, -0.15) is 0 Å². The number of ketones is 1. The third kappa shape index (κ3) is 3.07. The second-order valence-corrected chi connectivity index (χ2v) is 4.09. The van der Waals surface area contributed by atoms with E-state index in [4.69, 9.17) is 0 Å². The lowest BCUT2D eigenvalue weighted by Crippen LogP contribution is -2.10. The number of hydrogen-bond acceptors (Lipinski definition) is 3. The Balaban J connectivity index is 2.37. The summed E-state index contributed by atoms with van der Waals surface area (Å²) in [6, 6.07) is 16.9.